The Bertz CT molecular complexity index is 715. The maximum atomic E-state index is 9.30. The molecule has 2 aromatic carbocycles. The lowest BCUT2D eigenvalue weighted by Gasteiger charge is -2.34. The minimum atomic E-state index is 0.290. The third-order valence-electron chi connectivity index (χ3n) is 4.72. The molecule has 2 aromatic rings. The average molecular weight is 321 g/mol. The molecule has 124 valence electrons. The van der Waals surface area contributed by atoms with E-state index in [4.69, 9.17) is 0 Å². The summed E-state index contributed by atoms with van der Waals surface area (Å²) in [7, 11) is 0. The number of para-hydroxylation sites is 2. The highest BCUT2D eigenvalue weighted by atomic mass is 16.3. The highest BCUT2D eigenvalue weighted by molar-refractivity contribution is 5.70. The maximum absolute atomic E-state index is 9.30. The van der Waals surface area contributed by atoms with E-state index < -0.39 is 0 Å². The number of benzene rings is 2. The van der Waals surface area contributed by atoms with E-state index in [2.05, 4.69) is 34.5 Å². The molecular weight excluding hydrogens is 298 g/mol. The van der Waals surface area contributed by atoms with E-state index in [1.807, 2.05) is 30.3 Å². The standard InChI is InChI=1S/C20H23N3O/c21-13-17-5-1-2-6-18(17)14-22-19-7-3-4-8-20(19)23-11-9-16(15-24)10-12-23/h1-8,16,22,24H,9-12,14-15H2. The summed E-state index contributed by atoms with van der Waals surface area (Å²) in [5, 5.41) is 22.0. The maximum Gasteiger partial charge on any atom is 0.0995 e. The molecule has 0 aliphatic carbocycles. The first-order valence-electron chi connectivity index (χ1n) is 8.48. The number of hydrogen-bond acceptors (Lipinski definition) is 4. The molecule has 2 N–H and O–H groups in total. The number of anilines is 2. The molecule has 4 nitrogen and oxygen atoms in total. The van der Waals surface area contributed by atoms with Crippen LogP contribution in [-0.4, -0.2) is 24.8 Å². The zero-order valence-electron chi connectivity index (χ0n) is 13.8. The number of rotatable bonds is 5. The first-order chi connectivity index (χ1) is 11.8. The SMILES string of the molecule is N#Cc1ccccc1CNc1ccccc1N1CCC(CO)CC1. The van der Waals surface area contributed by atoms with Gasteiger partial charge in [0.1, 0.15) is 0 Å². The Balaban J connectivity index is 1.72. The second-order valence-electron chi connectivity index (χ2n) is 6.25. The minimum Gasteiger partial charge on any atom is -0.396 e. The molecule has 1 aliphatic rings. The summed E-state index contributed by atoms with van der Waals surface area (Å²) in [5.41, 5.74) is 4.01. The van der Waals surface area contributed by atoms with Crippen molar-refractivity contribution in [2.75, 3.05) is 29.9 Å². The molecule has 0 spiro atoms. The lowest BCUT2D eigenvalue weighted by atomic mass is 9.97. The van der Waals surface area contributed by atoms with Crippen LogP contribution in [0.15, 0.2) is 48.5 Å². The van der Waals surface area contributed by atoms with Gasteiger partial charge >= 0.3 is 0 Å². The van der Waals surface area contributed by atoms with Crippen molar-refractivity contribution in [1.29, 1.82) is 5.26 Å². The van der Waals surface area contributed by atoms with Gasteiger partial charge in [-0.3, -0.25) is 0 Å². The lowest BCUT2D eigenvalue weighted by molar-refractivity contribution is 0.203. The number of aliphatic hydroxyl groups excluding tert-OH is 1. The van der Waals surface area contributed by atoms with Crippen LogP contribution in [0.2, 0.25) is 0 Å². The van der Waals surface area contributed by atoms with E-state index in [-0.39, 0.29) is 0 Å². The molecule has 0 radical (unpaired) electrons. The van der Waals surface area contributed by atoms with Crippen molar-refractivity contribution in [3.63, 3.8) is 0 Å². The topological polar surface area (TPSA) is 59.3 Å². The Hall–Kier alpha value is -2.51. The van der Waals surface area contributed by atoms with Crippen LogP contribution in [0.1, 0.15) is 24.0 Å². The van der Waals surface area contributed by atoms with Crippen LogP contribution >= 0.6 is 0 Å². The van der Waals surface area contributed by atoms with E-state index in [0.717, 1.165) is 37.2 Å². The first kappa shape index (κ1) is 16.4. The molecule has 0 amide bonds. The highest BCUT2D eigenvalue weighted by Crippen LogP contribution is 2.30. The predicted octanol–water partition coefficient (Wildman–Crippen LogP) is 3.38. The average Bonchev–Trinajstić information content (AvgIpc) is 2.67. The Labute approximate surface area is 143 Å². The Kier molecular flexibility index (Phi) is 5.35. The number of nitrogens with one attached hydrogen (secondary N) is 1. The van der Waals surface area contributed by atoms with Crippen LogP contribution in [0.4, 0.5) is 11.4 Å². The highest BCUT2D eigenvalue weighted by Gasteiger charge is 2.20. The van der Waals surface area contributed by atoms with Gasteiger partial charge in [0.25, 0.3) is 0 Å². The van der Waals surface area contributed by atoms with Crippen molar-refractivity contribution in [3.05, 3.63) is 59.7 Å². The second-order valence-corrected chi connectivity index (χ2v) is 6.25. The summed E-state index contributed by atoms with van der Waals surface area (Å²) in [6.45, 7) is 2.87. The summed E-state index contributed by atoms with van der Waals surface area (Å²) < 4.78 is 0. The Morgan fingerprint density at radius 3 is 2.54 bits per heavy atom. The number of piperidine rings is 1. The van der Waals surface area contributed by atoms with Crippen LogP contribution < -0.4 is 10.2 Å². The number of aliphatic hydroxyl groups is 1. The first-order valence-corrected chi connectivity index (χ1v) is 8.48. The van der Waals surface area contributed by atoms with Crippen LogP contribution in [0.25, 0.3) is 0 Å². The van der Waals surface area contributed by atoms with Crippen molar-refractivity contribution in [2.45, 2.75) is 19.4 Å². The molecule has 0 atom stereocenters. The number of nitriles is 1. The summed E-state index contributed by atoms with van der Waals surface area (Å²) in [6, 6.07) is 18.2. The fourth-order valence-corrected chi connectivity index (χ4v) is 3.23. The third-order valence-corrected chi connectivity index (χ3v) is 4.72. The molecule has 0 bridgehead atoms. The molecule has 1 aliphatic heterocycles. The predicted molar refractivity (Wildman–Crippen MR) is 96.9 cm³/mol. The molecular formula is C20H23N3O. The second kappa shape index (κ2) is 7.85. The van der Waals surface area contributed by atoms with Gasteiger partial charge in [0.2, 0.25) is 0 Å². The van der Waals surface area contributed by atoms with Crippen LogP contribution in [-0.2, 0) is 6.54 Å². The van der Waals surface area contributed by atoms with Gasteiger partial charge in [0.05, 0.1) is 23.0 Å². The van der Waals surface area contributed by atoms with Crippen LogP contribution in [0.3, 0.4) is 0 Å². The van der Waals surface area contributed by atoms with E-state index in [1.165, 1.54) is 5.69 Å². The molecule has 1 fully saturated rings. The van der Waals surface area contributed by atoms with Crippen molar-refractivity contribution < 1.29 is 5.11 Å². The minimum absolute atomic E-state index is 0.290. The third kappa shape index (κ3) is 3.69. The molecule has 4 heteroatoms. The summed E-state index contributed by atoms with van der Waals surface area (Å²) >= 11 is 0. The molecule has 1 saturated heterocycles. The fourth-order valence-electron chi connectivity index (χ4n) is 3.23. The summed E-state index contributed by atoms with van der Waals surface area (Å²) in [5.74, 6) is 0.434. The zero-order valence-corrected chi connectivity index (χ0v) is 13.8. The van der Waals surface area contributed by atoms with Crippen molar-refractivity contribution in [1.82, 2.24) is 0 Å². The summed E-state index contributed by atoms with van der Waals surface area (Å²) in [6.07, 6.45) is 2.06. The molecule has 3 rings (SSSR count). The normalized spacial score (nSPS) is 15.1. The van der Waals surface area contributed by atoms with Gasteiger partial charge in [-0.05, 0) is 42.5 Å². The van der Waals surface area contributed by atoms with Crippen molar-refractivity contribution in [2.24, 2.45) is 5.92 Å². The quantitative estimate of drug-likeness (QED) is 0.886. The molecule has 0 unspecified atom stereocenters. The van der Waals surface area contributed by atoms with E-state index >= 15 is 0 Å². The van der Waals surface area contributed by atoms with Gasteiger partial charge in [-0.2, -0.15) is 5.26 Å². The van der Waals surface area contributed by atoms with Crippen LogP contribution in [0, 0.1) is 17.2 Å². The number of nitrogens with zero attached hydrogens (tertiary/aromatic N) is 2. The Morgan fingerprint density at radius 2 is 1.79 bits per heavy atom. The van der Waals surface area contributed by atoms with Gasteiger partial charge in [0, 0.05) is 26.2 Å². The fraction of sp³-hybridized carbons (Fsp3) is 0.350. The molecule has 0 saturated carbocycles. The van der Waals surface area contributed by atoms with Crippen molar-refractivity contribution in [3.8, 4) is 6.07 Å². The monoisotopic (exact) mass is 321 g/mol. The Morgan fingerprint density at radius 1 is 1.08 bits per heavy atom. The lowest BCUT2D eigenvalue weighted by Crippen LogP contribution is -2.35. The van der Waals surface area contributed by atoms with E-state index in [0.29, 0.717) is 24.6 Å². The van der Waals surface area contributed by atoms with Gasteiger partial charge in [-0.1, -0.05) is 30.3 Å². The largest absolute Gasteiger partial charge is 0.396 e. The van der Waals surface area contributed by atoms with Gasteiger partial charge in [-0.25, -0.2) is 0 Å². The molecule has 1 heterocycles. The van der Waals surface area contributed by atoms with Gasteiger partial charge in [-0.15, -0.1) is 0 Å². The van der Waals surface area contributed by atoms with E-state index in [1.54, 1.807) is 0 Å². The van der Waals surface area contributed by atoms with Crippen LogP contribution in [0.5, 0.6) is 0 Å². The van der Waals surface area contributed by atoms with Crippen molar-refractivity contribution >= 4 is 11.4 Å². The molecule has 0 aromatic heterocycles. The van der Waals surface area contributed by atoms with Gasteiger partial charge < -0.3 is 15.3 Å². The smallest absolute Gasteiger partial charge is 0.0995 e. The van der Waals surface area contributed by atoms with Gasteiger partial charge in [0.15, 0.2) is 0 Å². The number of hydrogen-bond donors (Lipinski definition) is 2. The zero-order chi connectivity index (χ0) is 16.8. The molecule has 24 heavy (non-hydrogen) atoms. The summed E-state index contributed by atoms with van der Waals surface area (Å²) in [4.78, 5) is 2.38. The van der Waals surface area contributed by atoms with E-state index in [9.17, 15) is 10.4 Å².